The molecule has 25 heavy (non-hydrogen) atoms. The summed E-state index contributed by atoms with van der Waals surface area (Å²) in [5, 5.41) is 2.82. The summed E-state index contributed by atoms with van der Waals surface area (Å²) in [7, 11) is 0. The molecule has 6 bridgehead atoms. The van der Waals surface area contributed by atoms with Gasteiger partial charge < -0.3 is 19.2 Å². The Morgan fingerprint density at radius 3 is 2.76 bits per heavy atom. The Labute approximate surface area is 143 Å². The third kappa shape index (κ3) is 3.45. The third-order valence-electron chi connectivity index (χ3n) is 3.70. The Kier molecular flexibility index (Phi) is 4.04. The molecule has 0 spiro atoms. The van der Waals surface area contributed by atoms with Gasteiger partial charge in [-0.15, -0.1) is 0 Å². The highest BCUT2D eigenvalue weighted by atomic mass is 16.5. The second-order valence-corrected chi connectivity index (χ2v) is 5.44. The number of rotatable bonds is 0. The third-order valence-corrected chi connectivity index (χ3v) is 3.70. The van der Waals surface area contributed by atoms with Crippen molar-refractivity contribution in [2.24, 2.45) is 0 Å². The Morgan fingerprint density at radius 2 is 1.88 bits per heavy atom. The highest BCUT2D eigenvalue weighted by Gasteiger charge is 2.14. The number of carbonyl (C=O) groups excluding carboxylic acids is 1. The second-order valence-electron chi connectivity index (χ2n) is 5.44. The van der Waals surface area contributed by atoms with E-state index in [1.165, 1.54) is 6.26 Å². The van der Waals surface area contributed by atoms with Crippen molar-refractivity contribution in [3.8, 4) is 23.1 Å². The maximum absolute atomic E-state index is 12.2. The van der Waals surface area contributed by atoms with Crippen LogP contribution in [0.2, 0.25) is 0 Å². The predicted octanol–water partition coefficient (Wildman–Crippen LogP) is 2.44. The molecular formula is C18H15N3O4. The quantitative estimate of drug-likeness (QED) is 0.678. The van der Waals surface area contributed by atoms with Crippen molar-refractivity contribution in [2.75, 3.05) is 13.2 Å². The molecule has 4 heterocycles. The fourth-order valence-corrected chi connectivity index (χ4v) is 2.41. The number of ether oxygens (including phenoxy) is 2. The van der Waals surface area contributed by atoms with Gasteiger partial charge in [-0.2, -0.15) is 0 Å². The zero-order valence-corrected chi connectivity index (χ0v) is 13.3. The van der Waals surface area contributed by atoms with Crippen LogP contribution in [0.25, 0.3) is 11.5 Å². The van der Waals surface area contributed by atoms with E-state index >= 15 is 0 Å². The van der Waals surface area contributed by atoms with E-state index in [0.29, 0.717) is 37.1 Å². The molecule has 0 radical (unpaired) electrons. The molecule has 0 unspecified atom stereocenters. The molecule has 7 nitrogen and oxygen atoms in total. The molecule has 126 valence electrons. The van der Waals surface area contributed by atoms with Crippen LogP contribution in [0.1, 0.15) is 16.1 Å². The van der Waals surface area contributed by atoms with Gasteiger partial charge in [-0.3, -0.25) is 4.79 Å². The highest BCUT2D eigenvalue weighted by Crippen LogP contribution is 2.22. The molecular weight excluding hydrogens is 322 g/mol. The minimum atomic E-state index is -0.301. The van der Waals surface area contributed by atoms with Crippen LogP contribution in [0.5, 0.6) is 11.6 Å². The van der Waals surface area contributed by atoms with E-state index in [1.807, 2.05) is 24.3 Å². The average Bonchev–Trinajstić information content (AvgIpc) is 3.14. The van der Waals surface area contributed by atoms with Crippen molar-refractivity contribution in [1.82, 2.24) is 15.3 Å². The number of benzene rings is 1. The summed E-state index contributed by atoms with van der Waals surface area (Å²) in [5.41, 5.74) is 1.86. The molecule has 0 fully saturated rings. The summed E-state index contributed by atoms with van der Waals surface area (Å²) >= 11 is 0. The topological polar surface area (TPSA) is 86.5 Å². The van der Waals surface area contributed by atoms with E-state index in [-0.39, 0.29) is 11.6 Å². The van der Waals surface area contributed by atoms with Gasteiger partial charge in [0.2, 0.25) is 11.8 Å². The van der Waals surface area contributed by atoms with E-state index in [1.54, 1.807) is 18.3 Å². The SMILES string of the molecule is O=C1NCc2ccc(cc2)OCCOc2cc(ccn2)-c2nc1co2. The van der Waals surface area contributed by atoms with E-state index in [2.05, 4.69) is 15.3 Å². The molecule has 2 aromatic heterocycles. The van der Waals surface area contributed by atoms with Crippen LogP contribution in [0.15, 0.2) is 53.3 Å². The number of oxazole rings is 1. The lowest BCUT2D eigenvalue weighted by Crippen LogP contribution is -2.23. The van der Waals surface area contributed by atoms with Crippen LogP contribution in [0.4, 0.5) is 0 Å². The van der Waals surface area contributed by atoms with Crippen LogP contribution >= 0.6 is 0 Å². The Morgan fingerprint density at radius 1 is 1.04 bits per heavy atom. The number of aromatic nitrogens is 2. The molecule has 2 aliphatic heterocycles. The van der Waals surface area contributed by atoms with Crippen molar-refractivity contribution >= 4 is 5.91 Å². The molecule has 1 aromatic carbocycles. The first kappa shape index (κ1) is 15.2. The molecule has 1 N–H and O–H groups in total. The van der Waals surface area contributed by atoms with Gasteiger partial charge in [0.25, 0.3) is 5.91 Å². The Balaban J connectivity index is 1.65. The zero-order chi connectivity index (χ0) is 17.1. The fourth-order valence-electron chi connectivity index (χ4n) is 2.41. The van der Waals surface area contributed by atoms with E-state index in [4.69, 9.17) is 13.9 Å². The van der Waals surface area contributed by atoms with Crippen molar-refractivity contribution < 1.29 is 18.7 Å². The Bertz CT molecular complexity index is 889. The number of pyridine rings is 1. The highest BCUT2D eigenvalue weighted by molar-refractivity contribution is 5.92. The lowest BCUT2D eigenvalue weighted by atomic mass is 10.2. The molecule has 0 saturated heterocycles. The van der Waals surface area contributed by atoms with Gasteiger partial charge >= 0.3 is 0 Å². The first-order valence-corrected chi connectivity index (χ1v) is 7.83. The fraction of sp³-hybridized carbons (Fsp3) is 0.167. The molecule has 3 aromatic rings. The molecule has 0 aliphatic carbocycles. The largest absolute Gasteiger partial charge is 0.490 e. The number of fused-ring (bicyclic) bond motifs is 7. The standard InChI is InChI=1S/C18H15N3O4/c22-17-15-11-25-18(21-15)13-5-6-19-16(9-13)24-8-7-23-14-3-1-12(2-4-14)10-20-17/h1-6,9,11H,7-8,10H2,(H,20,22). The summed E-state index contributed by atoms with van der Waals surface area (Å²) < 4.78 is 16.6. The second kappa shape index (κ2) is 6.64. The van der Waals surface area contributed by atoms with E-state index in [0.717, 1.165) is 11.3 Å². The molecule has 1 amide bonds. The molecule has 7 heteroatoms. The van der Waals surface area contributed by atoms with Gasteiger partial charge in [0, 0.05) is 24.4 Å². The molecule has 0 atom stereocenters. The van der Waals surface area contributed by atoms with Gasteiger partial charge in [0.15, 0.2) is 5.69 Å². The maximum Gasteiger partial charge on any atom is 0.273 e. The van der Waals surface area contributed by atoms with Crippen LogP contribution < -0.4 is 14.8 Å². The van der Waals surface area contributed by atoms with Crippen LogP contribution in [0, 0.1) is 0 Å². The molecule has 0 saturated carbocycles. The number of hydrogen-bond acceptors (Lipinski definition) is 6. The summed E-state index contributed by atoms with van der Waals surface area (Å²) in [5.74, 6) is 1.21. The predicted molar refractivity (Wildman–Crippen MR) is 88.3 cm³/mol. The maximum atomic E-state index is 12.2. The first-order chi connectivity index (χ1) is 12.3. The van der Waals surface area contributed by atoms with Crippen LogP contribution in [-0.4, -0.2) is 29.1 Å². The lowest BCUT2D eigenvalue weighted by Gasteiger charge is -2.09. The normalized spacial score (nSPS) is 14.2. The van der Waals surface area contributed by atoms with Crippen molar-refractivity contribution in [2.45, 2.75) is 6.54 Å². The lowest BCUT2D eigenvalue weighted by molar-refractivity contribution is 0.0946. The summed E-state index contributed by atoms with van der Waals surface area (Å²) in [6.07, 6.45) is 2.94. The number of amides is 1. The monoisotopic (exact) mass is 337 g/mol. The van der Waals surface area contributed by atoms with Crippen LogP contribution in [-0.2, 0) is 6.54 Å². The smallest absolute Gasteiger partial charge is 0.273 e. The summed E-state index contributed by atoms with van der Waals surface area (Å²) in [4.78, 5) is 20.6. The van der Waals surface area contributed by atoms with Crippen LogP contribution in [0.3, 0.4) is 0 Å². The first-order valence-electron chi connectivity index (χ1n) is 7.83. The molecule has 2 aliphatic rings. The van der Waals surface area contributed by atoms with E-state index in [9.17, 15) is 4.79 Å². The van der Waals surface area contributed by atoms with E-state index < -0.39 is 0 Å². The number of nitrogens with one attached hydrogen (secondary N) is 1. The van der Waals surface area contributed by atoms with Gasteiger partial charge in [0.05, 0.1) is 0 Å². The average molecular weight is 337 g/mol. The van der Waals surface area contributed by atoms with Crippen molar-refractivity contribution in [1.29, 1.82) is 0 Å². The summed E-state index contributed by atoms with van der Waals surface area (Å²) in [6, 6.07) is 10.9. The number of nitrogens with zero attached hydrogens (tertiary/aromatic N) is 2. The molecule has 5 rings (SSSR count). The summed E-state index contributed by atoms with van der Waals surface area (Å²) in [6.45, 7) is 1.14. The Hall–Kier alpha value is -3.35. The minimum Gasteiger partial charge on any atom is -0.490 e. The minimum absolute atomic E-state index is 0.221. The zero-order valence-electron chi connectivity index (χ0n) is 13.3. The van der Waals surface area contributed by atoms with Crippen molar-refractivity contribution in [3.05, 3.63) is 60.1 Å². The van der Waals surface area contributed by atoms with Gasteiger partial charge in [-0.1, -0.05) is 12.1 Å². The van der Waals surface area contributed by atoms with Gasteiger partial charge in [0.1, 0.15) is 25.2 Å². The number of hydrogen-bond donors (Lipinski definition) is 1. The van der Waals surface area contributed by atoms with Gasteiger partial charge in [-0.25, -0.2) is 9.97 Å². The van der Waals surface area contributed by atoms with Gasteiger partial charge in [-0.05, 0) is 23.8 Å². The van der Waals surface area contributed by atoms with Crippen molar-refractivity contribution in [3.63, 3.8) is 0 Å². The number of carbonyl (C=O) groups is 1.